The van der Waals surface area contributed by atoms with E-state index in [0.29, 0.717) is 33.4 Å². The largest absolute Gasteiger partial charge is 0.505 e. The van der Waals surface area contributed by atoms with Crippen molar-refractivity contribution in [3.05, 3.63) is 28.8 Å². The van der Waals surface area contributed by atoms with Gasteiger partial charge in [-0.05, 0) is 6.07 Å². The fourth-order valence-corrected chi connectivity index (χ4v) is 1.23. The first-order valence-electron chi connectivity index (χ1n) is 2.82. The monoisotopic (exact) mass is 187 g/mol. The Hall–Kier alpha value is -0.800. The van der Waals surface area contributed by atoms with Gasteiger partial charge < -0.3 is 0 Å². The molecule has 0 atom stereocenters. The Morgan fingerprint density at radius 1 is 1.45 bits per heavy atom. The molecule has 1 aromatic rings. The summed E-state index contributed by atoms with van der Waals surface area (Å²) in [5.41, 5.74) is 0.407. The first-order chi connectivity index (χ1) is 5.27. The van der Waals surface area contributed by atoms with Gasteiger partial charge in [0.2, 0.25) is 0 Å². The Labute approximate surface area is 72.7 Å². The maximum absolute atomic E-state index is 10.3. The van der Waals surface area contributed by atoms with Crippen LogP contribution in [0.2, 0.25) is 5.02 Å². The normalized spacial score (nSPS) is 9.18. The Balaban J connectivity index is 3.18. The van der Waals surface area contributed by atoms with E-state index in [-0.39, 0.29) is 0 Å². The lowest BCUT2D eigenvalue weighted by atomic mass is 10.2. The van der Waals surface area contributed by atoms with E-state index >= 15 is 0 Å². The van der Waals surface area contributed by atoms with Crippen LogP contribution in [0.3, 0.4) is 0 Å². The Bertz CT molecular complexity index is 298. The molecule has 1 aromatic carbocycles. The minimum Gasteiger partial charge on any atom is -0.298 e. The van der Waals surface area contributed by atoms with Crippen molar-refractivity contribution in [3.8, 4) is 0 Å². The molecule has 0 unspecified atom stereocenters. The van der Waals surface area contributed by atoms with Gasteiger partial charge in [0, 0.05) is 21.9 Å². The van der Waals surface area contributed by atoms with E-state index < -0.39 is 0 Å². The number of carbonyl (C=O) groups is 1. The number of hydrogen-bond donors (Lipinski definition) is 0. The summed E-state index contributed by atoms with van der Waals surface area (Å²) < 4.78 is 10.3. The lowest BCUT2D eigenvalue weighted by molar-refractivity contribution is 0.112. The van der Waals surface area contributed by atoms with Crippen molar-refractivity contribution in [1.29, 1.82) is 0 Å². The highest BCUT2D eigenvalue weighted by atomic mass is 35.5. The number of benzene rings is 1. The van der Waals surface area contributed by atoms with E-state index in [9.17, 15) is 9.00 Å². The molecule has 2 nitrogen and oxygen atoms in total. The summed E-state index contributed by atoms with van der Waals surface area (Å²) in [6, 6.07) is 4.56. The smallest absolute Gasteiger partial charge is 0.298 e. The molecule has 0 aromatic heterocycles. The van der Waals surface area contributed by atoms with Crippen molar-refractivity contribution in [2.24, 2.45) is 0 Å². The van der Waals surface area contributed by atoms with Crippen LogP contribution in [0.1, 0.15) is 10.4 Å². The summed E-state index contributed by atoms with van der Waals surface area (Å²) in [5, 5.41) is 0.320. The van der Waals surface area contributed by atoms with Crippen molar-refractivity contribution < 1.29 is 9.00 Å². The molecular weight excluding hydrogens is 184 g/mol. The molecule has 0 fully saturated rings. The summed E-state index contributed by atoms with van der Waals surface area (Å²) >= 11 is 5.98. The van der Waals surface area contributed by atoms with Gasteiger partial charge in [-0.2, -0.15) is 0 Å². The van der Waals surface area contributed by atoms with Crippen molar-refractivity contribution in [2.45, 2.75) is 4.90 Å². The maximum Gasteiger partial charge on any atom is 0.505 e. The maximum atomic E-state index is 10.3. The van der Waals surface area contributed by atoms with Crippen LogP contribution >= 0.6 is 11.6 Å². The molecule has 0 aliphatic carbocycles. The van der Waals surface area contributed by atoms with Crippen molar-refractivity contribution >= 4 is 29.6 Å². The lowest BCUT2D eigenvalue weighted by Crippen LogP contribution is -1.82. The second kappa shape index (κ2) is 3.55. The minimum atomic E-state index is 0.320. The average molecular weight is 188 g/mol. The van der Waals surface area contributed by atoms with Gasteiger partial charge >= 0.3 is 11.7 Å². The van der Waals surface area contributed by atoms with Crippen LogP contribution in [0, 0.1) is 0 Å². The molecule has 0 saturated heterocycles. The van der Waals surface area contributed by atoms with Crippen LogP contribution in [0.25, 0.3) is 0 Å². The Morgan fingerprint density at radius 3 is 2.64 bits per heavy atom. The van der Waals surface area contributed by atoms with Crippen LogP contribution < -0.4 is 0 Å². The molecule has 0 aliphatic rings. The summed E-state index contributed by atoms with van der Waals surface area (Å²) in [6.45, 7) is 0. The summed E-state index contributed by atoms with van der Waals surface area (Å²) in [7, 11) is 0. The molecule has 0 radical (unpaired) electrons. The number of aldehydes is 1. The molecule has 1 rings (SSSR count). The molecule has 56 valence electrons. The van der Waals surface area contributed by atoms with Crippen molar-refractivity contribution in [1.82, 2.24) is 0 Å². The van der Waals surface area contributed by atoms with Crippen molar-refractivity contribution in [2.75, 3.05) is 0 Å². The number of halogens is 1. The average Bonchev–Trinajstić information content (AvgIpc) is 2.04. The van der Waals surface area contributed by atoms with Crippen molar-refractivity contribution in [3.63, 3.8) is 0 Å². The zero-order chi connectivity index (χ0) is 8.27. The van der Waals surface area contributed by atoms with Gasteiger partial charge in [-0.25, -0.2) is 0 Å². The third-order valence-electron chi connectivity index (χ3n) is 1.20. The van der Waals surface area contributed by atoms with Crippen LogP contribution in [-0.4, -0.2) is 6.29 Å². The molecule has 0 bridgehead atoms. The first-order valence-corrected chi connectivity index (χ1v) is 3.94. The summed E-state index contributed by atoms with van der Waals surface area (Å²) in [4.78, 5) is 10.8. The summed E-state index contributed by atoms with van der Waals surface area (Å²) in [5.74, 6) is 0. The number of rotatable bonds is 2. The fourth-order valence-electron chi connectivity index (χ4n) is 0.655. The van der Waals surface area contributed by atoms with Crippen LogP contribution in [-0.2, 0) is 15.9 Å². The third-order valence-corrected chi connectivity index (χ3v) is 1.97. The van der Waals surface area contributed by atoms with Gasteiger partial charge in [-0.1, -0.05) is 11.6 Å². The summed E-state index contributed by atoms with van der Waals surface area (Å²) in [6.07, 6.45) is 0.654. The van der Waals surface area contributed by atoms with Gasteiger partial charge in [0.1, 0.15) is 0 Å². The van der Waals surface area contributed by atoms with Gasteiger partial charge in [0.05, 0.1) is 5.02 Å². The lowest BCUT2D eigenvalue weighted by Gasteiger charge is -1.89. The second-order valence-corrected chi connectivity index (χ2v) is 2.93. The van der Waals surface area contributed by atoms with Crippen LogP contribution in [0.15, 0.2) is 23.1 Å². The highest BCUT2D eigenvalue weighted by molar-refractivity contribution is 7.65. The van der Waals surface area contributed by atoms with Crippen LogP contribution in [0.4, 0.5) is 0 Å². The molecule has 0 spiro atoms. The van der Waals surface area contributed by atoms with E-state index in [2.05, 4.69) is 0 Å². The van der Waals surface area contributed by atoms with Gasteiger partial charge in [0.15, 0.2) is 6.29 Å². The van der Waals surface area contributed by atoms with E-state index in [1.54, 1.807) is 6.07 Å². The van der Waals surface area contributed by atoms with E-state index in [1.165, 1.54) is 12.1 Å². The van der Waals surface area contributed by atoms with E-state index in [0.717, 1.165) is 0 Å². The molecule has 0 aliphatic heterocycles. The van der Waals surface area contributed by atoms with Gasteiger partial charge in [-0.3, -0.25) is 4.79 Å². The molecule has 0 amide bonds. The molecule has 4 heteroatoms. The van der Waals surface area contributed by atoms with E-state index in [4.69, 9.17) is 11.6 Å². The molecule has 0 N–H and O–H groups in total. The quantitative estimate of drug-likeness (QED) is 0.524. The zero-order valence-electron chi connectivity index (χ0n) is 5.41. The van der Waals surface area contributed by atoms with Crippen LogP contribution in [0.5, 0.6) is 0 Å². The molecule has 0 heterocycles. The van der Waals surface area contributed by atoms with Gasteiger partial charge in [-0.15, -0.1) is 0 Å². The highest BCUT2D eigenvalue weighted by Crippen LogP contribution is 2.15. The highest BCUT2D eigenvalue weighted by Gasteiger charge is 2.08. The second-order valence-electron chi connectivity index (χ2n) is 1.88. The van der Waals surface area contributed by atoms with E-state index in [1.807, 2.05) is 0 Å². The zero-order valence-corrected chi connectivity index (χ0v) is 6.98. The number of hydrogen-bond acceptors (Lipinski definition) is 2. The third kappa shape index (κ3) is 1.82. The SMILES string of the molecule is O=Cc1ccc([S+]=O)cc1Cl. The molecule has 0 saturated carbocycles. The number of carbonyl (C=O) groups excluding carboxylic acids is 1. The molecule has 11 heavy (non-hydrogen) atoms. The Kier molecular flexibility index (Phi) is 2.68. The predicted molar refractivity (Wildman–Crippen MR) is 43.2 cm³/mol. The van der Waals surface area contributed by atoms with Gasteiger partial charge in [0.25, 0.3) is 4.90 Å². The standard InChI is InChI=1S/C7H4ClO2S/c8-7-3-6(11-10)2-1-5(7)4-9/h1-4H/q+1. The first kappa shape index (κ1) is 8.30. The topological polar surface area (TPSA) is 34.1 Å². The predicted octanol–water partition coefficient (Wildman–Crippen LogP) is 1.94. The Morgan fingerprint density at radius 2 is 2.18 bits per heavy atom. The fraction of sp³-hybridized carbons (Fsp3) is 0. The molecular formula is C7H4ClO2S+. The minimum absolute atomic E-state index is 0.320.